The number of benzene rings is 7. The summed E-state index contributed by atoms with van der Waals surface area (Å²) in [5.41, 5.74) is 7.98. The van der Waals surface area contributed by atoms with Gasteiger partial charge in [-0.05, 0) is 116 Å². The molecule has 0 fully saturated rings. The lowest BCUT2D eigenvalue weighted by Gasteiger charge is -2.22. The van der Waals surface area contributed by atoms with E-state index in [1.165, 1.54) is 32.3 Å². The molecular weight excluding hydrogens is 629 g/mol. The summed E-state index contributed by atoms with van der Waals surface area (Å²) in [6.07, 6.45) is 1.81. The van der Waals surface area contributed by atoms with Crippen molar-refractivity contribution in [1.29, 1.82) is 0 Å². The Hall–Kier alpha value is -6.23. The Morgan fingerprint density at radius 3 is 1.82 bits per heavy atom. The van der Waals surface area contributed by atoms with E-state index < -0.39 is 0 Å². The van der Waals surface area contributed by atoms with Crippen LogP contribution in [0.1, 0.15) is 0 Å². The molecule has 234 valence electrons. The number of hydrogen-bond acceptors (Lipinski definition) is 4. The maximum atomic E-state index is 6.63. The number of rotatable bonds is 4. The summed E-state index contributed by atoms with van der Waals surface area (Å²) in [5.74, 6) is 1.76. The van der Waals surface area contributed by atoms with Crippen molar-refractivity contribution in [2.75, 3.05) is 0 Å². The van der Waals surface area contributed by atoms with Crippen LogP contribution in [0, 0.1) is 0 Å². The summed E-state index contributed by atoms with van der Waals surface area (Å²) in [4.78, 5) is 11.9. The summed E-state index contributed by atoms with van der Waals surface area (Å²) in [5, 5.41) is 7.56. The van der Waals surface area contributed by atoms with Crippen molar-refractivity contribution < 1.29 is 4.74 Å². The maximum Gasteiger partial charge on any atom is 0.149 e. The van der Waals surface area contributed by atoms with Gasteiger partial charge in [-0.1, -0.05) is 109 Å². The summed E-state index contributed by atoms with van der Waals surface area (Å²) >= 11 is 1.75. The van der Waals surface area contributed by atoms with Crippen molar-refractivity contribution in [3.8, 4) is 56.4 Å². The molecule has 1 aliphatic heterocycles. The fourth-order valence-electron chi connectivity index (χ4n) is 7.21. The van der Waals surface area contributed by atoms with Crippen LogP contribution in [0.15, 0.2) is 180 Å². The first-order chi connectivity index (χ1) is 24.8. The quantitative estimate of drug-likeness (QED) is 0.177. The van der Waals surface area contributed by atoms with Gasteiger partial charge in [-0.15, -0.1) is 0 Å². The first-order valence-electron chi connectivity index (χ1n) is 16.7. The second-order valence-electron chi connectivity index (χ2n) is 12.6. The van der Waals surface area contributed by atoms with Crippen molar-refractivity contribution in [3.63, 3.8) is 0 Å². The highest BCUT2D eigenvalue weighted by molar-refractivity contribution is 7.99. The van der Waals surface area contributed by atoms with E-state index in [2.05, 4.69) is 132 Å². The van der Waals surface area contributed by atoms with Crippen LogP contribution in [0.2, 0.25) is 0 Å². The number of aromatic nitrogens is 2. The molecule has 10 rings (SSSR count). The predicted molar refractivity (Wildman–Crippen MR) is 207 cm³/mol. The smallest absolute Gasteiger partial charge is 0.149 e. The van der Waals surface area contributed by atoms with Crippen LogP contribution in [0.25, 0.3) is 77.2 Å². The third kappa shape index (κ3) is 4.84. The van der Waals surface area contributed by atoms with Crippen LogP contribution in [0.3, 0.4) is 0 Å². The minimum atomic E-state index is 0.840. The fraction of sp³-hybridized carbons (Fsp3) is 0. The largest absolute Gasteiger partial charge is 0.454 e. The number of hydrogen-bond donors (Lipinski definition) is 0. The van der Waals surface area contributed by atoms with Gasteiger partial charge in [-0.3, -0.25) is 4.98 Å². The molecule has 0 amide bonds. The Morgan fingerprint density at radius 1 is 0.400 bits per heavy atom. The van der Waals surface area contributed by atoms with Gasteiger partial charge in [0.2, 0.25) is 0 Å². The fourth-order valence-corrected chi connectivity index (χ4v) is 8.20. The molecular formula is C46H28N2OS. The SMILES string of the molecule is c1ccc(-c2cccc(-c3cc(-c4ccc5c6ccccc6c6ccccc6c5c4)cc(-c4cccc5c4Oc4ccccc4S5)c3)n2)nc1. The van der Waals surface area contributed by atoms with Gasteiger partial charge in [-0.25, -0.2) is 4.98 Å². The third-order valence-corrected chi connectivity index (χ3v) is 10.7. The van der Waals surface area contributed by atoms with E-state index in [0.717, 1.165) is 66.2 Å². The van der Waals surface area contributed by atoms with Crippen molar-refractivity contribution >= 4 is 44.1 Å². The van der Waals surface area contributed by atoms with Gasteiger partial charge < -0.3 is 4.74 Å². The molecule has 0 bridgehead atoms. The number of ether oxygens (including phenoxy) is 1. The molecule has 3 nitrogen and oxygen atoms in total. The average molecular weight is 657 g/mol. The zero-order valence-electron chi connectivity index (χ0n) is 26.9. The maximum absolute atomic E-state index is 6.63. The second kappa shape index (κ2) is 11.7. The molecule has 0 spiro atoms. The molecule has 50 heavy (non-hydrogen) atoms. The lowest BCUT2D eigenvalue weighted by atomic mass is 9.90. The number of fused-ring (bicyclic) bond motifs is 8. The standard InChI is InChI=1S/C46H28N2OS/c1-2-13-36-34(11-1)35-12-3-4-14-37(35)39-28-29(22-23-38(36)39)30-25-31(33-15-9-21-45-46(33)49-43-19-5-6-20-44(43)50-45)27-32(26-30)40-17-10-18-42(48-40)41-16-7-8-24-47-41/h1-28H. The number of pyridine rings is 2. The Bertz CT molecular complexity index is 2740. The van der Waals surface area contributed by atoms with E-state index in [1.807, 2.05) is 42.6 Å². The van der Waals surface area contributed by atoms with Gasteiger partial charge in [0, 0.05) is 17.3 Å². The van der Waals surface area contributed by atoms with Crippen LogP contribution < -0.4 is 4.74 Å². The Morgan fingerprint density at radius 2 is 1.02 bits per heavy atom. The summed E-state index contributed by atoms with van der Waals surface area (Å²) in [7, 11) is 0. The highest BCUT2D eigenvalue weighted by Crippen LogP contribution is 2.51. The Balaban J connectivity index is 1.20. The molecule has 0 radical (unpaired) electrons. The minimum Gasteiger partial charge on any atom is -0.454 e. The molecule has 4 heteroatoms. The molecule has 0 N–H and O–H groups in total. The second-order valence-corrected chi connectivity index (χ2v) is 13.6. The van der Waals surface area contributed by atoms with Crippen LogP contribution in [-0.4, -0.2) is 9.97 Å². The van der Waals surface area contributed by atoms with Crippen LogP contribution in [-0.2, 0) is 0 Å². The summed E-state index contributed by atoms with van der Waals surface area (Å²) in [6.45, 7) is 0. The lowest BCUT2D eigenvalue weighted by Crippen LogP contribution is -1.97. The van der Waals surface area contributed by atoms with Crippen LogP contribution in [0.4, 0.5) is 0 Å². The molecule has 0 saturated heterocycles. The van der Waals surface area contributed by atoms with E-state index in [-0.39, 0.29) is 0 Å². The first-order valence-corrected chi connectivity index (χ1v) is 17.5. The zero-order valence-corrected chi connectivity index (χ0v) is 27.7. The van der Waals surface area contributed by atoms with E-state index in [9.17, 15) is 0 Å². The van der Waals surface area contributed by atoms with Gasteiger partial charge in [0.1, 0.15) is 11.5 Å². The molecule has 0 unspecified atom stereocenters. The van der Waals surface area contributed by atoms with Gasteiger partial charge in [0.25, 0.3) is 0 Å². The predicted octanol–water partition coefficient (Wildman–Crippen LogP) is 12.9. The van der Waals surface area contributed by atoms with Crippen molar-refractivity contribution in [3.05, 3.63) is 170 Å². The van der Waals surface area contributed by atoms with Gasteiger partial charge in [-0.2, -0.15) is 0 Å². The van der Waals surface area contributed by atoms with Gasteiger partial charge >= 0.3 is 0 Å². The average Bonchev–Trinajstić information content (AvgIpc) is 3.20. The van der Waals surface area contributed by atoms with E-state index >= 15 is 0 Å². The molecule has 9 aromatic rings. The van der Waals surface area contributed by atoms with Crippen molar-refractivity contribution in [1.82, 2.24) is 9.97 Å². The van der Waals surface area contributed by atoms with E-state index in [1.54, 1.807) is 11.8 Å². The molecule has 1 aliphatic rings. The zero-order chi connectivity index (χ0) is 33.0. The highest BCUT2D eigenvalue weighted by Gasteiger charge is 2.22. The molecule has 7 aromatic carbocycles. The van der Waals surface area contributed by atoms with Crippen molar-refractivity contribution in [2.45, 2.75) is 9.79 Å². The first kappa shape index (κ1) is 28.8. The molecule has 0 aliphatic carbocycles. The summed E-state index contributed by atoms with van der Waals surface area (Å²) < 4.78 is 6.63. The van der Waals surface area contributed by atoms with Crippen LogP contribution >= 0.6 is 11.8 Å². The highest BCUT2D eigenvalue weighted by atomic mass is 32.2. The Labute approximate surface area is 293 Å². The lowest BCUT2D eigenvalue weighted by molar-refractivity contribution is 0.456. The van der Waals surface area contributed by atoms with E-state index in [0.29, 0.717) is 0 Å². The monoisotopic (exact) mass is 656 g/mol. The topological polar surface area (TPSA) is 35.0 Å². The summed E-state index contributed by atoms with van der Waals surface area (Å²) in [6, 6.07) is 57.9. The number of nitrogens with zero attached hydrogens (tertiary/aromatic N) is 2. The third-order valence-electron chi connectivity index (χ3n) is 9.55. The molecule has 3 heterocycles. The van der Waals surface area contributed by atoms with E-state index in [4.69, 9.17) is 9.72 Å². The molecule has 0 atom stereocenters. The normalized spacial score (nSPS) is 12.1. The van der Waals surface area contributed by atoms with Crippen LogP contribution in [0.5, 0.6) is 11.5 Å². The molecule has 2 aromatic heterocycles. The Kier molecular flexibility index (Phi) is 6.74. The molecule has 0 saturated carbocycles. The van der Waals surface area contributed by atoms with Crippen molar-refractivity contribution in [2.24, 2.45) is 0 Å². The van der Waals surface area contributed by atoms with Gasteiger partial charge in [0.05, 0.1) is 26.9 Å². The number of para-hydroxylation sites is 2. The minimum absolute atomic E-state index is 0.840. The van der Waals surface area contributed by atoms with Gasteiger partial charge in [0.15, 0.2) is 0 Å².